The van der Waals surface area contributed by atoms with Crippen molar-refractivity contribution in [2.45, 2.75) is 78.3 Å². The lowest BCUT2D eigenvalue weighted by Crippen LogP contribution is -2.42. The Morgan fingerprint density at radius 1 is 0.868 bits per heavy atom. The number of rotatable bonds is 21. The van der Waals surface area contributed by atoms with Crippen LogP contribution in [0.2, 0.25) is 5.02 Å². The van der Waals surface area contributed by atoms with E-state index in [1.165, 1.54) is 35.8 Å². The highest BCUT2D eigenvalue weighted by Crippen LogP contribution is 2.39. The zero-order valence-electron chi connectivity index (χ0n) is 42.8. The van der Waals surface area contributed by atoms with E-state index in [-0.39, 0.29) is 35.3 Å². The smallest absolute Gasteiger partial charge is 0.444 e. The van der Waals surface area contributed by atoms with Crippen molar-refractivity contribution < 1.29 is 53.3 Å². The van der Waals surface area contributed by atoms with Crippen molar-refractivity contribution in [1.29, 1.82) is 0 Å². The number of alkyl halides is 3. The van der Waals surface area contributed by atoms with Crippen LogP contribution in [0.15, 0.2) is 136 Å². The first-order valence-corrected chi connectivity index (χ1v) is 30.8. The van der Waals surface area contributed by atoms with Gasteiger partial charge in [-0.1, -0.05) is 72.3 Å². The van der Waals surface area contributed by atoms with Crippen molar-refractivity contribution in [2.75, 3.05) is 75.3 Å². The Kier molecular flexibility index (Phi) is 20.0. The number of morpholine rings is 1. The molecule has 1 amide bonds. The molecule has 7 rings (SSSR count). The number of sulfone groups is 2. The van der Waals surface area contributed by atoms with E-state index in [0.717, 1.165) is 39.4 Å². The maximum Gasteiger partial charge on any atom is 0.501 e. The fourth-order valence-corrected chi connectivity index (χ4v) is 13.9. The van der Waals surface area contributed by atoms with Crippen molar-refractivity contribution in [3.8, 4) is 11.1 Å². The zero-order valence-corrected chi connectivity index (χ0v) is 46.9. The SMILES string of the molecule is CN(CS(=O)N[C@@H](c1ccccc1-c1ccc(Cl)cc1)C1CCN(c2ccc(C(=O)CS(=O)(=O)c3ccc(C[C@H](CCN4CCOCC4)CSc4ccccc4)c(S(=O)(=O)C(F)(F)F)c3)cc2)CC1)C(=O)OC(C)(C)C. The van der Waals surface area contributed by atoms with Gasteiger partial charge in [0.25, 0.3) is 9.84 Å². The van der Waals surface area contributed by atoms with Crippen molar-refractivity contribution in [3.63, 3.8) is 0 Å². The number of thioether (sulfide) groups is 1. The van der Waals surface area contributed by atoms with E-state index < -0.39 is 75.2 Å². The summed E-state index contributed by atoms with van der Waals surface area (Å²) in [4.78, 5) is 31.1. The van der Waals surface area contributed by atoms with E-state index in [2.05, 4.69) is 14.5 Å². The molecule has 3 atom stereocenters. The van der Waals surface area contributed by atoms with Gasteiger partial charge in [-0.25, -0.2) is 30.6 Å². The first kappa shape index (κ1) is 58.9. The molecule has 76 heavy (non-hydrogen) atoms. The van der Waals surface area contributed by atoms with Crippen molar-refractivity contribution in [1.82, 2.24) is 14.5 Å². The molecule has 2 aliphatic heterocycles. The maximum atomic E-state index is 14.3. The molecule has 410 valence electrons. The number of benzene rings is 5. The monoisotopic (exact) mass is 1140 g/mol. The molecule has 21 heteroatoms. The molecule has 5 aromatic carbocycles. The Balaban J connectivity index is 1.05. The van der Waals surface area contributed by atoms with Crippen LogP contribution in [-0.4, -0.2) is 124 Å². The van der Waals surface area contributed by atoms with Crippen molar-refractivity contribution in [3.05, 3.63) is 143 Å². The number of piperidine rings is 1. The molecular formula is C55H64ClF3N4O9S4. The largest absolute Gasteiger partial charge is 0.501 e. The molecular weight excluding hydrogens is 1080 g/mol. The van der Waals surface area contributed by atoms with Crippen LogP contribution < -0.4 is 9.62 Å². The summed E-state index contributed by atoms with van der Waals surface area (Å²) in [5.41, 5.74) is -3.04. The minimum atomic E-state index is -6.02. The van der Waals surface area contributed by atoms with Gasteiger partial charge in [0.2, 0.25) is 0 Å². The molecule has 0 aliphatic carbocycles. The van der Waals surface area contributed by atoms with Crippen LogP contribution in [0.1, 0.15) is 67.6 Å². The predicted octanol–water partition coefficient (Wildman–Crippen LogP) is 10.7. The van der Waals surface area contributed by atoms with Crippen LogP contribution in [0.25, 0.3) is 11.1 Å². The van der Waals surface area contributed by atoms with Crippen LogP contribution in [0.3, 0.4) is 0 Å². The second kappa shape index (κ2) is 25.8. The Hall–Kier alpha value is -4.80. The van der Waals surface area contributed by atoms with E-state index in [9.17, 15) is 43.8 Å². The number of carbonyl (C=O) groups is 2. The van der Waals surface area contributed by atoms with Gasteiger partial charge < -0.3 is 14.4 Å². The normalized spacial score (nSPS) is 16.4. The van der Waals surface area contributed by atoms with Crippen LogP contribution in [-0.2, 0) is 46.6 Å². The molecule has 0 bridgehead atoms. The highest BCUT2D eigenvalue weighted by Gasteiger charge is 2.48. The van der Waals surface area contributed by atoms with Crippen LogP contribution in [0.4, 0.5) is 23.7 Å². The molecule has 0 radical (unpaired) electrons. The zero-order chi connectivity index (χ0) is 54.8. The van der Waals surface area contributed by atoms with Gasteiger partial charge in [-0.2, -0.15) is 13.2 Å². The number of carbonyl (C=O) groups excluding carboxylic acids is 2. The van der Waals surface area contributed by atoms with Gasteiger partial charge in [-0.15, -0.1) is 11.8 Å². The Bertz CT molecular complexity index is 3030. The van der Waals surface area contributed by atoms with Crippen LogP contribution >= 0.6 is 23.4 Å². The quantitative estimate of drug-likeness (QED) is 0.0548. The second-order valence-corrected chi connectivity index (χ2v) is 26.7. The third kappa shape index (κ3) is 15.9. The molecule has 0 aromatic heterocycles. The molecule has 0 spiro atoms. The fraction of sp³-hybridized carbons (Fsp3) is 0.418. The molecule has 5 aromatic rings. The van der Waals surface area contributed by atoms with E-state index in [0.29, 0.717) is 82.0 Å². The maximum absolute atomic E-state index is 14.3. The van der Waals surface area contributed by atoms with Crippen molar-refractivity contribution in [2.24, 2.45) is 11.8 Å². The Morgan fingerprint density at radius 2 is 1.51 bits per heavy atom. The van der Waals surface area contributed by atoms with Gasteiger partial charge in [0.15, 0.2) is 15.6 Å². The lowest BCUT2D eigenvalue weighted by molar-refractivity contribution is -0.0436. The standard InChI is InChI=1S/C55H64ClF3N4O9S4/c1-54(2,3)72-53(65)61(4)38-74(66)60-52(49-13-9-8-12-48(49)40-14-19-44(56)20-15-40)42-25-28-63(29-26-42)45-21-16-41(17-22-45)50(64)37-75(67,68)47-23-18-43(51(35-47)76(69,70)55(57,58)59)34-39(24-27-62-30-32-71-33-31-62)36-73-46-10-6-5-7-11-46/h5-23,35,39,42,52,60H,24-34,36-38H2,1-4H3/t39-,52+,74?/m0/s1. The minimum Gasteiger partial charge on any atom is -0.444 e. The molecule has 2 heterocycles. The van der Waals surface area contributed by atoms with Gasteiger partial charge in [0.05, 0.1) is 23.0 Å². The molecule has 2 saturated heterocycles. The lowest BCUT2D eigenvalue weighted by Gasteiger charge is -2.38. The van der Waals surface area contributed by atoms with Gasteiger partial charge in [-0.05, 0) is 148 Å². The Morgan fingerprint density at radius 3 is 2.16 bits per heavy atom. The Labute approximate surface area is 456 Å². The van der Waals surface area contributed by atoms with E-state index in [1.807, 2.05) is 78.9 Å². The molecule has 1 N–H and O–H groups in total. The number of hydrogen-bond donors (Lipinski definition) is 1. The average molecular weight is 1150 g/mol. The third-order valence-corrected chi connectivity index (χ3v) is 19.1. The van der Waals surface area contributed by atoms with E-state index >= 15 is 0 Å². The number of anilines is 1. The first-order chi connectivity index (χ1) is 36.0. The van der Waals surface area contributed by atoms with Gasteiger partial charge in [-0.3, -0.25) is 14.6 Å². The number of Topliss-reactive ketones (excluding diaryl/α,β-unsaturated/α-hetero) is 1. The van der Waals surface area contributed by atoms with Gasteiger partial charge in [0, 0.05) is 66.2 Å². The third-order valence-electron chi connectivity index (χ3n) is 13.3. The summed E-state index contributed by atoms with van der Waals surface area (Å²) in [6, 6.07) is 33.5. The minimum absolute atomic E-state index is 0.0207. The number of hydrogen-bond acceptors (Lipinski definition) is 12. The number of amides is 1. The van der Waals surface area contributed by atoms with Gasteiger partial charge in [0.1, 0.15) is 28.2 Å². The van der Waals surface area contributed by atoms with Crippen LogP contribution in [0, 0.1) is 11.8 Å². The summed E-state index contributed by atoms with van der Waals surface area (Å²) in [7, 11) is -10.8. The molecule has 0 saturated carbocycles. The number of nitrogens with zero attached hydrogens (tertiary/aromatic N) is 3. The average Bonchev–Trinajstić information content (AvgIpc) is 3.41. The van der Waals surface area contributed by atoms with Gasteiger partial charge >= 0.3 is 11.6 Å². The summed E-state index contributed by atoms with van der Waals surface area (Å²) in [5, 5.41) is 0.587. The summed E-state index contributed by atoms with van der Waals surface area (Å²) in [5.74, 6) is -1.90. The summed E-state index contributed by atoms with van der Waals surface area (Å²) < 4.78 is 125. The number of ether oxygens (including phenoxy) is 2. The van der Waals surface area contributed by atoms with E-state index in [4.69, 9.17) is 21.1 Å². The molecule has 13 nitrogen and oxygen atoms in total. The number of halogens is 4. The molecule has 2 fully saturated rings. The van der Waals surface area contributed by atoms with Crippen molar-refractivity contribution >= 4 is 71.6 Å². The number of nitrogens with one attached hydrogen (secondary N) is 1. The fourth-order valence-electron chi connectivity index (χ4n) is 9.26. The first-order valence-electron chi connectivity index (χ1n) is 24.9. The highest BCUT2D eigenvalue weighted by molar-refractivity contribution is 7.99. The molecule has 2 aliphatic rings. The summed E-state index contributed by atoms with van der Waals surface area (Å²) >= 11 is 7.74. The van der Waals surface area contributed by atoms with Crippen LogP contribution in [0.5, 0.6) is 0 Å². The topological polar surface area (TPSA) is 160 Å². The second-order valence-electron chi connectivity index (χ2n) is 20.1. The highest BCUT2D eigenvalue weighted by atomic mass is 35.5. The lowest BCUT2D eigenvalue weighted by atomic mass is 9.83. The predicted molar refractivity (Wildman–Crippen MR) is 293 cm³/mol. The summed E-state index contributed by atoms with van der Waals surface area (Å²) in [6.45, 7) is 9.50. The number of ketones is 1. The van der Waals surface area contributed by atoms with E-state index in [1.54, 1.807) is 32.9 Å². The summed E-state index contributed by atoms with van der Waals surface area (Å²) in [6.07, 6.45) is 1.17. The molecule has 1 unspecified atom stereocenters.